The summed E-state index contributed by atoms with van der Waals surface area (Å²) in [6, 6.07) is 0.0250. The molecule has 0 atom stereocenters. The molecule has 0 bridgehead atoms. The Labute approximate surface area is 197 Å². The van der Waals surface area contributed by atoms with Crippen molar-refractivity contribution in [1.82, 2.24) is 20.1 Å². The van der Waals surface area contributed by atoms with E-state index in [0.29, 0.717) is 44.9 Å². The summed E-state index contributed by atoms with van der Waals surface area (Å²) in [5.74, 6) is -0.675. The fourth-order valence-electron chi connectivity index (χ4n) is 4.85. The molecule has 10 heteroatoms. The smallest absolute Gasteiger partial charge is 0.410 e. The first kappa shape index (κ1) is 23.5. The molecule has 2 N–H and O–H groups in total. The number of piperidine rings is 1. The van der Waals surface area contributed by atoms with Crippen LogP contribution in [0, 0.1) is 5.92 Å². The number of carboxylic acid groups (broad SMARTS) is 1. The van der Waals surface area contributed by atoms with Crippen molar-refractivity contribution in [3.05, 3.63) is 28.2 Å². The highest BCUT2D eigenvalue weighted by atomic mass is 32.1. The summed E-state index contributed by atoms with van der Waals surface area (Å²) in [7, 11) is 0. The van der Waals surface area contributed by atoms with Gasteiger partial charge in [-0.2, -0.15) is 0 Å². The molecule has 3 heterocycles. The lowest BCUT2D eigenvalue weighted by atomic mass is 9.86. The van der Waals surface area contributed by atoms with E-state index in [-0.39, 0.29) is 30.7 Å². The summed E-state index contributed by atoms with van der Waals surface area (Å²) in [5, 5.41) is 13.3. The highest BCUT2D eigenvalue weighted by Crippen LogP contribution is 2.35. The number of likely N-dealkylation sites (tertiary alicyclic amines) is 1. The molecule has 9 nitrogen and oxygen atoms in total. The van der Waals surface area contributed by atoms with Gasteiger partial charge in [0, 0.05) is 42.9 Å². The predicted molar refractivity (Wildman–Crippen MR) is 123 cm³/mol. The number of amides is 3. The van der Waals surface area contributed by atoms with E-state index >= 15 is 0 Å². The Kier molecular flexibility index (Phi) is 7.52. The maximum atomic E-state index is 12.7. The number of nitrogens with zero attached hydrogens (tertiary/aromatic N) is 3. The molecular formula is C23H32N4O5S. The number of hydrogen-bond donors (Lipinski definition) is 2. The lowest BCUT2D eigenvalue weighted by molar-refractivity contribution is -0.142. The monoisotopic (exact) mass is 476 g/mol. The van der Waals surface area contributed by atoms with E-state index in [1.165, 1.54) is 0 Å². The van der Waals surface area contributed by atoms with Crippen LogP contribution >= 0.6 is 11.3 Å². The minimum Gasteiger partial charge on any atom is -0.481 e. The summed E-state index contributed by atoms with van der Waals surface area (Å²) < 4.78 is 5.16. The van der Waals surface area contributed by atoms with Crippen LogP contribution in [0.15, 0.2) is 12.7 Å². The molecule has 33 heavy (non-hydrogen) atoms. The van der Waals surface area contributed by atoms with Gasteiger partial charge >= 0.3 is 18.1 Å². The van der Waals surface area contributed by atoms with E-state index < -0.39 is 5.97 Å². The van der Waals surface area contributed by atoms with Gasteiger partial charge in [-0.05, 0) is 38.5 Å². The second kappa shape index (κ2) is 10.5. The number of thiazole rings is 1. The van der Waals surface area contributed by atoms with Gasteiger partial charge in [-0.3, -0.25) is 4.79 Å². The quantitative estimate of drug-likeness (QED) is 0.631. The van der Waals surface area contributed by atoms with Crippen LogP contribution in [-0.4, -0.2) is 70.3 Å². The Balaban J connectivity index is 1.25. The third-order valence-electron chi connectivity index (χ3n) is 6.87. The van der Waals surface area contributed by atoms with Crippen molar-refractivity contribution in [1.29, 1.82) is 0 Å². The topological polar surface area (TPSA) is 112 Å². The predicted octanol–water partition coefficient (Wildman–Crippen LogP) is 3.36. The average Bonchev–Trinajstić information content (AvgIpc) is 3.26. The molecular weight excluding hydrogens is 444 g/mol. The maximum absolute atomic E-state index is 12.7. The zero-order chi connectivity index (χ0) is 23.4. The molecule has 1 aromatic heterocycles. The van der Waals surface area contributed by atoms with Crippen LogP contribution in [0.25, 0.3) is 0 Å². The molecule has 0 unspecified atom stereocenters. The van der Waals surface area contributed by atoms with Gasteiger partial charge in [0.2, 0.25) is 0 Å². The first-order chi connectivity index (χ1) is 15.9. The zero-order valence-corrected chi connectivity index (χ0v) is 19.6. The lowest BCUT2D eigenvalue weighted by Gasteiger charge is -2.34. The number of aromatic nitrogens is 1. The van der Waals surface area contributed by atoms with Crippen LogP contribution in [0.4, 0.5) is 9.59 Å². The molecule has 0 radical (unpaired) electrons. The number of rotatable bonds is 5. The second-order valence-electron chi connectivity index (χ2n) is 9.06. The van der Waals surface area contributed by atoms with Crippen LogP contribution in [0.3, 0.4) is 0 Å². The third-order valence-corrected chi connectivity index (χ3v) is 8.11. The van der Waals surface area contributed by atoms with Gasteiger partial charge in [0.1, 0.15) is 6.61 Å². The number of carboxylic acids is 1. The summed E-state index contributed by atoms with van der Waals surface area (Å²) in [5.41, 5.74) is 1.08. The molecule has 0 spiro atoms. The number of urea groups is 1. The average molecular weight is 477 g/mol. The van der Waals surface area contributed by atoms with Crippen LogP contribution in [0.1, 0.15) is 60.0 Å². The standard InChI is InChI=1S/C23H32N4O5S/c1-2-13-32-23(31)27-12-9-18-19(14-27)33-20(25-18)15-7-10-26(11-8-15)22(30)24-17-5-3-16(4-6-17)21(28)29/h2,15-17H,1,3-14H2,(H,24,30)(H,28,29)/t16-,17-. The van der Waals surface area contributed by atoms with Gasteiger partial charge < -0.3 is 25.0 Å². The number of hydrogen-bond acceptors (Lipinski definition) is 6. The summed E-state index contributed by atoms with van der Waals surface area (Å²) in [6.07, 6.45) is 6.43. The van der Waals surface area contributed by atoms with Gasteiger partial charge in [0.15, 0.2) is 0 Å². The Morgan fingerprint density at radius 2 is 1.85 bits per heavy atom. The number of aliphatic carboxylic acids is 1. The molecule has 3 aliphatic rings. The van der Waals surface area contributed by atoms with Crippen molar-refractivity contribution in [2.24, 2.45) is 5.92 Å². The van der Waals surface area contributed by atoms with E-state index in [0.717, 1.165) is 47.7 Å². The number of carbonyl (C=O) groups excluding carboxylic acids is 2. The molecule has 1 saturated heterocycles. The van der Waals surface area contributed by atoms with Crippen LogP contribution in [0.2, 0.25) is 0 Å². The van der Waals surface area contributed by atoms with Crippen molar-refractivity contribution < 1.29 is 24.2 Å². The Morgan fingerprint density at radius 1 is 1.12 bits per heavy atom. The van der Waals surface area contributed by atoms with Crippen molar-refractivity contribution in [3.63, 3.8) is 0 Å². The van der Waals surface area contributed by atoms with Crippen molar-refractivity contribution in [2.45, 2.75) is 63.5 Å². The number of ether oxygens (including phenoxy) is 1. The molecule has 2 aliphatic heterocycles. The minimum absolute atomic E-state index is 0.0423. The molecule has 2 fully saturated rings. The van der Waals surface area contributed by atoms with E-state index in [4.69, 9.17) is 14.8 Å². The van der Waals surface area contributed by atoms with Crippen molar-refractivity contribution >= 4 is 29.4 Å². The first-order valence-corrected chi connectivity index (χ1v) is 12.6. The summed E-state index contributed by atoms with van der Waals surface area (Å²) >= 11 is 1.68. The van der Waals surface area contributed by atoms with Gasteiger partial charge in [-0.1, -0.05) is 12.7 Å². The van der Waals surface area contributed by atoms with E-state index in [1.807, 2.05) is 4.90 Å². The lowest BCUT2D eigenvalue weighted by Crippen LogP contribution is -2.48. The maximum Gasteiger partial charge on any atom is 0.410 e. The van der Waals surface area contributed by atoms with Crippen molar-refractivity contribution in [3.8, 4) is 0 Å². The summed E-state index contributed by atoms with van der Waals surface area (Å²) in [4.78, 5) is 45.5. The molecule has 1 saturated carbocycles. The van der Waals surface area contributed by atoms with E-state index in [1.54, 1.807) is 22.3 Å². The molecule has 4 rings (SSSR count). The largest absolute Gasteiger partial charge is 0.481 e. The minimum atomic E-state index is -0.731. The molecule has 3 amide bonds. The van der Waals surface area contributed by atoms with Gasteiger partial charge in [0.25, 0.3) is 0 Å². The van der Waals surface area contributed by atoms with Crippen molar-refractivity contribution in [2.75, 3.05) is 26.2 Å². The second-order valence-corrected chi connectivity index (χ2v) is 10.2. The van der Waals surface area contributed by atoms with Crippen LogP contribution in [-0.2, 0) is 22.5 Å². The molecule has 1 aromatic rings. The van der Waals surface area contributed by atoms with Crippen LogP contribution in [0.5, 0.6) is 0 Å². The number of nitrogens with one attached hydrogen (secondary N) is 1. The van der Waals surface area contributed by atoms with Gasteiger partial charge in [-0.25, -0.2) is 14.6 Å². The number of fused-ring (bicyclic) bond motifs is 1. The highest BCUT2D eigenvalue weighted by molar-refractivity contribution is 7.11. The normalized spacial score (nSPS) is 23.5. The first-order valence-electron chi connectivity index (χ1n) is 11.7. The highest BCUT2D eigenvalue weighted by Gasteiger charge is 2.31. The zero-order valence-electron chi connectivity index (χ0n) is 18.8. The fraction of sp³-hybridized carbons (Fsp3) is 0.652. The summed E-state index contributed by atoms with van der Waals surface area (Å²) in [6.45, 7) is 6.30. The van der Waals surface area contributed by atoms with Crippen LogP contribution < -0.4 is 5.32 Å². The Morgan fingerprint density at radius 3 is 2.52 bits per heavy atom. The fourth-order valence-corrected chi connectivity index (χ4v) is 6.14. The SMILES string of the molecule is C=CCOC(=O)N1CCc2nc(C3CCN(C(=O)N[C@H]4CC[C@H](C(=O)O)CC4)CC3)sc2C1. The number of carbonyl (C=O) groups is 3. The Hall–Kier alpha value is -2.62. The molecule has 1 aliphatic carbocycles. The van der Waals surface area contributed by atoms with E-state index in [2.05, 4.69) is 11.9 Å². The van der Waals surface area contributed by atoms with Gasteiger partial charge in [0.05, 0.1) is 23.2 Å². The van der Waals surface area contributed by atoms with E-state index in [9.17, 15) is 14.4 Å². The Bertz CT molecular complexity index is 887. The third kappa shape index (κ3) is 5.66. The molecule has 180 valence electrons. The molecule has 0 aromatic carbocycles. The van der Waals surface area contributed by atoms with Gasteiger partial charge in [-0.15, -0.1) is 11.3 Å².